The second-order valence-corrected chi connectivity index (χ2v) is 5.14. The highest BCUT2D eigenvalue weighted by molar-refractivity contribution is 5.94. The number of aromatic amines is 1. The summed E-state index contributed by atoms with van der Waals surface area (Å²) >= 11 is 0. The summed E-state index contributed by atoms with van der Waals surface area (Å²) in [6.07, 6.45) is 1.27. The highest BCUT2D eigenvalue weighted by Crippen LogP contribution is 2.38. The van der Waals surface area contributed by atoms with Crippen LogP contribution < -0.4 is 10.3 Å². The highest BCUT2D eigenvalue weighted by Gasteiger charge is 2.34. The van der Waals surface area contributed by atoms with Crippen LogP contribution in [0.15, 0.2) is 41.3 Å². The number of benzene rings is 1. The normalized spacial score (nSPS) is 16.4. The van der Waals surface area contributed by atoms with Crippen molar-refractivity contribution in [2.45, 2.75) is 19.3 Å². The molecule has 0 aliphatic carbocycles. The highest BCUT2D eigenvalue weighted by atomic mass is 16.5. The fourth-order valence-electron chi connectivity index (χ4n) is 2.71. The average Bonchev–Trinajstić information content (AvgIpc) is 2.55. The van der Waals surface area contributed by atoms with Gasteiger partial charge in [-0.15, -0.1) is 0 Å². The summed E-state index contributed by atoms with van der Waals surface area (Å²) in [7, 11) is 0. The SMILES string of the molecule is CCOC(=O)c1c[nH]c(=O)c2c1OC(=O)C[C@H]2c1ccccc1. The van der Waals surface area contributed by atoms with Gasteiger partial charge >= 0.3 is 11.9 Å². The van der Waals surface area contributed by atoms with E-state index in [-0.39, 0.29) is 35.5 Å². The maximum Gasteiger partial charge on any atom is 0.343 e. The number of rotatable bonds is 3. The van der Waals surface area contributed by atoms with Gasteiger partial charge < -0.3 is 14.5 Å². The van der Waals surface area contributed by atoms with Crippen molar-refractivity contribution in [2.24, 2.45) is 0 Å². The van der Waals surface area contributed by atoms with E-state index in [1.165, 1.54) is 6.20 Å². The Morgan fingerprint density at radius 2 is 2.04 bits per heavy atom. The van der Waals surface area contributed by atoms with Crippen LogP contribution in [-0.4, -0.2) is 23.5 Å². The Hall–Kier alpha value is -2.89. The maximum atomic E-state index is 12.3. The second kappa shape index (κ2) is 6.08. The third-order valence-corrected chi connectivity index (χ3v) is 3.71. The van der Waals surface area contributed by atoms with Gasteiger partial charge in [-0.25, -0.2) is 4.79 Å². The van der Waals surface area contributed by atoms with E-state index >= 15 is 0 Å². The summed E-state index contributed by atoms with van der Waals surface area (Å²) in [5, 5.41) is 0. The van der Waals surface area contributed by atoms with Gasteiger partial charge in [-0.3, -0.25) is 9.59 Å². The molecule has 1 aromatic heterocycles. The molecule has 1 N–H and O–H groups in total. The number of carbonyl (C=O) groups excluding carboxylic acids is 2. The van der Waals surface area contributed by atoms with Crippen LogP contribution in [0.1, 0.15) is 40.7 Å². The number of esters is 2. The lowest BCUT2D eigenvalue weighted by Gasteiger charge is -2.25. The smallest absolute Gasteiger partial charge is 0.343 e. The first kappa shape index (κ1) is 15.0. The minimum absolute atomic E-state index is 0.00250. The van der Waals surface area contributed by atoms with Crippen LogP contribution in [0.4, 0.5) is 0 Å². The molecule has 1 aromatic carbocycles. The van der Waals surface area contributed by atoms with Crippen LogP contribution in [0, 0.1) is 0 Å². The number of H-pyrrole nitrogens is 1. The molecule has 0 radical (unpaired) electrons. The van der Waals surface area contributed by atoms with Gasteiger partial charge in [0.1, 0.15) is 5.56 Å². The van der Waals surface area contributed by atoms with Gasteiger partial charge in [0, 0.05) is 12.1 Å². The first-order valence-corrected chi connectivity index (χ1v) is 7.30. The first-order valence-electron chi connectivity index (χ1n) is 7.30. The zero-order chi connectivity index (χ0) is 16.4. The van der Waals surface area contributed by atoms with Crippen molar-refractivity contribution in [3.63, 3.8) is 0 Å². The van der Waals surface area contributed by atoms with Gasteiger partial charge in [0.15, 0.2) is 5.75 Å². The number of carbonyl (C=O) groups is 2. The molecule has 1 atom stereocenters. The standard InChI is InChI=1S/C17H15NO5/c1-2-22-17(21)12-9-18-16(20)14-11(8-13(19)23-15(12)14)10-6-4-3-5-7-10/h3-7,9,11H,2,8H2,1H3,(H,18,20)/t11-/m0/s1. The van der Waals surface area contributed by atoms with Gasteiger partial charge in [-0.1, -0.05) is 30.3 Å². The second-order valence-electron chi connectivity index (χ2n) is 5.14. The summed E-state index contributed by atoms with van der Waals surface area (Å²) < 4.78 is 10.2. The molecule has 0 saturated carbocycles. The van der Waals surface area contributed by atoms with Crippen LogP contribution in [0.2, 0.25) is 0 Å². The molecule has 2 heterocycles. The molecule has 23 heavy (non-hydrogen) atoms. The fourth-order valence-corrected chi connectivity index (χ4v) is 2.71. The Kier molecular flexibility index (Phi) is 3.97. The van der Waals surface area contributed by atoms with Crippen molar-refractivity contribution in [3.8, 4) is 5.75 Å². The topological polar surface area (TPSA) is 85.5 Å². The molecular formula is C17H15NO5. The Balaban J connectivity index is 2.18. The molecule has 1 aliphatic rings. The number of nitrogens with one attached hydrogen (secondary N) is 1. The molecule has 118 valence electrons. The molecule has 0 fully saturated rings. The third-order valence-electron chi connectivity index (χ3n) is 3.71. The summed E-state index contributed by atoms with van der Waals surface area (Å²) in [6.45, 7) is 1.86. The van der Waals surface area contributed by atoms with Gasteiger partial charge in [0.2, 0.25) is 0 Å². The van der Waals surface area contributed by atoms with Crippen LogP contribution in [-0.2, 0) is 9.53 Å². The van der Waals surface area contributed by atoms with Gasteiger partial charge in [0.05, 0.1) is 18.6 Å². The van der Waals surface area contributed by atoms with E-state index in [0.29, 0.717) is 0 Å². The monoisotopic (exact) mass is 313 g/mol. The van der Waals surface area contributed by atoms with E-state index in [0.717, 1.165) is 5.56 Å². The average molecular weight is 313 g/mol. The Labute approximate surface area is 132 Å². The van der Waals surface area contributed by atoms with Crippen molar-refractivity contribution in [1.82, 2.24) is 4.98 Å². The number of hydrogen-bond donors (Lipinski definition) is 1. The van der Waals surface area contributed by atoms with Gasteiger partial charge in [-0.2, -0.15) is 0 Å². The molecule has 0 unspecified atom stereocenters. The molecule has 0 amide bonds. The maximum absolute atomic E-state index is 12.3. The van der Waals surface area contributed by atoms with Crippen molar-refractivity contribution in [1.29, 1.82) is 0 Å². The van der Waals surface area contributed by atoms with E-state index in [4.69, 9.17) is 9.47 Å². The van der Waals surface area contributed by atoms with Gasteiger partial charge in [-0.05, 0) is 12.5 Å². The largest absolute Gasteiger partial charge is 0.462 e. The van der Waals surface area contributed by atoms with Crippen LogP contribution in [0.5, 0.6) is 5.75 Å². The predicted octanol–water partition coefficient (Wildman–Crippen LogP) is 1.99. The summed E-state index contributed by atoms with van der Waals surface area (Å²) in [5.41, 5.74) is 0.767. The Bertz CT molecular complexity index is 809. The molecule has 0 bridgehead atoms. The van der Waals surface area contributed by atoms with Crippen molar-refractivity contribution in [2.75, 3.05) is 6.61 Å². The molecule has 0 spiro atoms. The molecule has 0 saturated heterocycles. The van der Waals surface area contributed by atoms with Crippen molar-refractivity contribution in [3.05, 3.63) is 63.6 Å². The first-order chi connectivity index (χ1) is 11.1. The van der Waals surface area contributed by atoms with Crippen LogP contribution >= 0.6 is 0 Å². The lowest BCUT2D eigenvalue weighted by atomic mass is 9.86. The summed E-state index contributed by atoms with van der Waals surface area (Å²) in [4.78, 5) is 38.8. The summed E-state index contributed by atoms with van der Waals surface area (Å²) in [6, 6.07) is 9.19. The number of ether oxygens (including phenoxy) is 2. The number of fused-ring (bicyclic) bond motifs is 1. The molecule has 6 nitrogen and oxygen atoms in total. The quantitative estimate of drug-likeness (QED) is 0.876. The van der Waals surface area contributed by atoms with E-state index < -0.39 is 17.9 Å². The Morgan fingerprint density at radius 1 is 1.30 bits per heavy atom. The zero-order valence-electron chi connectivity index (χ0n) is 12.5. The van der Waals surface area contributed by atoms with E-state index in [9.17, 15) is 14.4 Å². The molecule has 1 aliphatic heterocycles. The van der Waals surface area contributed by atoms with Crippen molar-refractivity contribution < 1.29 is 19.1 Å². The number of pyridine rings is 1. The number of aromatic nitrogens is 1. The minimum Gasteiger partial charge on any atom is -0.462 e. The predicted molar refractivity (Wildman–Crippen MR) is 81.6 cm³/mol. The molecule has 6 heteroatoms. The van der Waals surface area contributed by atoms with Gasteiger partial charge in [0.25, 0.3) is 5.56 Å². The summed E-state index contributed by atoms with van der Waals surface area (Å²) in [5.74, 6) is -1.58. The zero-order valence-corrected chi connectivity index (χ0v) is 12.5. The van der Waals surface area contributed by atoms with E-state index in [2.05, 4.69) is 4.98 Å². The van der Waals surface area contributed by atoms with Crippen LogP contribution in [0.25, 0.3) is 0 Å². The van der Waals surface area contributed by atoms with E-state index in [1.807, 2.05) is 30.3 Å². The van der Waals surface area contributed by atoms with Crippen molar-refractivity contribution >= 4 is 11.9 Å². The minimum atomic E-state index is -0.637. The van der Waals surface area contributed by atoms with E-state index in [1.54, 1.807) is 6.92 Å². The lowest BCUT2D eigenvalue weighted by Crippen LogP contribution is -2.30. The lowest BCUT2D eigenvalue weighted by molar-refractivity contribution is -0.135. The molecule has 3 rings (SSSR count). The fraction of sp³-hybridized carbons (Fsp3) is 0.235. The molecule has 2 aromatic rings. The third kappa shape index (κ3) is 2.75. The van der Waals surface area contributed by atoms with Crippen LogP contribution in [0.3, 0.4) is 0 Å². The number of hydrogen-bond acceptors (Lipinski definition) is 5. The molecular weight excluding hydrogens is 298 g/mol. The Morgan fingerprint density at radius 3 is 2.74 bits per heavy atom.